The number of hydrogen-bond donors (Lipinski definition) is 2. The zero-order chi connectivity index (χ0) is 13.7. The molecule has 0 bridgehead atoms. The highest BCUT2D eigenvalue weighted by atomic mass is 16.5. The van der Waals surface area contributed by atoms with Crippen LogP contribution in [0.1, 0.15) is 6.42 Å². The number of anilines is 1. The van der Waals surface area contributed by atoms with Crippen LogP contribution in [0.2, 0.25) is 0 Å². The van der Waals surface area contributed by atoms with E-state index in [0.717, 1.165) is 10.9 Å². The lowest BCUT2D eigenvalue weighted by molar-refractivity contribution is -0.117. The fourth-order valence-corrected chi connectivity index (χ4v) is 1.81. The highest BCUT2D eigenvalue weighted by Gasteiger charge is 2.14. The van der Waals surface area contributed by atoms with Gasteiger partial charge in [0.2, 0.25) is 5.91 Å². The van der Waals surface area contributed by atoms with Gasteiger partial charge < -0.3 is 15.8 Å². The van der Waals surface area contributed by atoms with Gasteiger partial charge in [-0.1, -0.05) is 18.2 Å². The standard InChI is InChI=1S/C14H17N3O2/c1-19-9-7-11(15)14(18)17-12-6-2-4-10-5-3-8-16-13(10)12/h2-6,8,11H,7,9,15H2,1H3,(H,17,18). The minimum Gasteiger partial charge on any atom is -0.385 e. The van der Waals surface area contributed by atoms with Crippen molar-refractivity contribution >= 4 is 22.5 Å². The van der Waals surface area contributed by atoms with Crippen LogP contribution < -0.4 is 11.1 Å². The molecule has 19 heavy (non-hydrogen) atoms. The number of amides is 1. The second kappa shape index (κ2) is 6.26. The minimum atomic E-state index is -0.584. The summed E-state index contributed by atoms with van der Waals surface area (Å²) in [5.74, 6) is -0.227. The van der Waals surface area contributed by atoms with E-state index in [1.165, 1.54) is 0 Å². The van der Waals surface area contributed by atoms with Crippen molar-refractivity contribution in [1.82, 2.24) is 4.98 Å². The van der Waals surface area contributed by atoms with Gasteiger partial charge in [0, 0.05) is 25.3 Å². The van der Waals surface area contributed by atoms with Gasteiger partial charge in [0.05, 0.1) is 17.2 Å². The third kappa shape index (κ3) is 3.27. The van der Waals surface area contributed by atoms with Gasteiger partial charge in [0.15, 0.2) is 0 Å². The third-order valence-corrected chi connectivity index (χ3v) is 2.86. The fraction of sp³-hybridized carbons (Fsp3) is 0.286. The second-order valence-corrected chi connectivity index (χ2v) is 4.26. The van der Waals surface area contributed by atoms with E-state index in [4.69, 9.17) is 10.5 Å². The van der Waals surface area contributed by atoms with Crippen molar-refractivity contribution in [3.05, 3.63) is 36.5 Å². The highest BCUT2D eigenvalue weighted by molar-refractivity contribution is 6.02. The van der Waals surface area contributed by atoms with E-state index in [1.54, 1.807) is 13.3 Å². The molecule has 1 aromatic heterocycles. The van der Waals surface area contributed by atoms with E-state index in [1.807, 2.05) is 30.3 Å². The SMILES string of the molecule is COCCC(N)C(=O)Nc1cccc2cccnc12. The number of aromatic nitrogens is 1. The number of nitrogens with zero attached hydrogens (tertiary/aromatic N) is 1. The molecule has 1 aromatic carbocycles. The molecule has 0 saturated heterocycles. The summed E-state index contributed by atoms with van der Waals surface area (Å²) in [7, 11) is 1.58. The Balaban J connectivity index is 2.15. The summed E-state index contributed by atoms with van der Waals surface area (Å²) in [5, 5.41) is 3.79. The number of carbonyl (C=O) groups excluding carboxylic acids is 1. The van der Waals surface area contributed by atoms with Crippen LogP contribution in [0.3, 0.4) is 0 Å². The summed E-state index contributed by atoms with van der Waals surface area (Å²) in [4.78, 5) is 16.2. The Kier molecular flexibility index (Phi) is 4.43. The number of hydrogen-bond acceptors (Lipinski definition) is 4. The van der Waals surface area contributed by atoms with Crippen LogP contribution >= 0.6 is 0 Å². The van der Waals surface area contributed by atoms with Gasteiger partial charge in [-0.15, -0.1) is 0 Å². The summed E-state index contributed by atoms with van der Waals surface area (Å²) in [6.45, 7) is 0.461. The predicted molar refractivity (Wildman–Crippen MR) is 74.8 cm³/mol. The molecule has 3 N–H and O–H groups in total. The van der Waals surface area contributed by atoms with E-state index in [0.29, 0.717) is 18.7 Å². The first-order valence-electron chi connectivity index (χ1n) is 6.11. The zero-order valence-corrected chi connectivity index (χ0v) is 10.8. The normalized spacial score (nSPS) is 12.3. The molecular weight excluding hydrogens is 242 g/mol. The fourth-order valence-electron chi connectivity index (χ4n) is 1.81. The number of methoxy groups -OCH3 is 1. The maximum atomic E-state index is 11.9. The topological polar surface area (TPSA) is 77.2 Å². The van der Waals surface area contributed by atoms with Gasteiger partial charge in [-0.3, -0.25) is 9.78 Å². The smallest absolute Gasteiger partial charge is 0.241 e. The van der Waals surface area contributed by atoms with Crippen LogP contribution in [0.5, 0.6) is 0 Å². The molecule has 1 atom stereocenters. The lowest BCUT2D eigenvalue weighted by Crippen LogP contribution is -2.36. The van der Waals surface area contributed by atoms with Gasteiger partial charge in [-0.2, -0.15) is 0 Å². The van der Waals surface area contributed by atoms with Crippen LogP contribution in [0, 0.1) is 0 Å². The quantitative estimate of drug-likeness (QED) is 0.853. The number of nitrogens with one attached hydrogen (secondary N) is 1. The molecule has 1 amide bonds. The second-order valence-electron chi connectivity index (χ2n) is 4.26. The van der Waals surface area contributed by atoms with Crippen LogP contribution in [-0.2, 0) is 9.53 Å². The number of carbonyl (C=O) groups is 1. The maximum Gasteiger partial charge on any atom is 0.241 e. The van der Waals surface area contributed by atoms with Gasteiger partial charge in [0.1, 0.15) is 0 Å². The Labute approximate surface area is 111 Å². The molecule has 0 aliphatic carbocycles. The van der Waals surface area contributed by atoms with Crippen molar-refractivity contribution in [3.8, 4) is 0 Å². The van der Waals surface area contributed by atoms with Gasteiger partial charge in [-0.05, 0) is 18.6 Å². The van der Waals surface area contributed by atoms with Gasteiger partial charge in [0.25, 0.3) is 0 Å². The van der Waals surface area contributed by atoms with Crippen molar-refractivity contribution in [2.75, 3.05) is 19.0 Å². The maximum absolute atomic E-state index is 11.9. The van der Waals surface area contributed by atoms with Crippen LogP contribution in [0.4, 0.5) is 5.69 Å². The van der Waals surface area contributed by atoms with Gasteiger partial charge >= 0.3 is 0 Å². The molecule has 0 fully saturated rings. The number of fused-ring (bicyclic) bond motifs is 1. The van der Waals surface area contributed by atoms with E-state index >= 15 is 0 Å². The third-order valence-electron chi connectivity index (χ3n) is 2.86. The summed E-state index contributed by atoms with van der Waals surface area (Å²) < 4.78 is 4.91. The van der Waals surface area contributed by atoms with Crippen LogP contribution in [0.25, 0.3) is 10.9 Å². The Hall–Kier alpha value is -1.98. The van der Waals surface area contributed by atoms with E-state index in [9.17, 15) is 4.79 Å². The number of benzene rings is 1. The Morgan fingerprint density at radius 3 is 3.00 bits per heavy atom. The van der Waals surface area contributed by atoms with Crippen molar-refractivity contribution in [1.29, 1.82) is 0 Å². The first-order chi connectivity index (χ1) is 9.22. The molecular formula is C14H17N3O2. The van der Waals surface area contributed by atoms with E-state index in [2.05, 4.69) is 10.3 Å². The molecule has 2 rings (SSSR count). The minimum absolute atomic E-state index is 0.227. The van der Waals surface area contributed by atoms with Gasteiger partial charge in [-0.25, -0.2) is 0 Å². The Morgan fingerprint density at radius 1 is 1.42 bits per heavy atom. The number of rotatable bonds is 5. The molecule has 0 radical (unpaired) electrons. The van der Waals surface area contributed by atoms with E-state index in [-0.39, 0.29) is 5.91 Å². The van der Waals surface area contributed by atoms with E-state index < -0.39 is 6.04 Å². The average Bonchev–Trinajstić information content (AvgIpc) is 2.45. The first-order valence-corrected chi connectivity index (χ1v) is 6.11. The van der Waals surface area contributed by atoms with Crippen molar-refractivity contribution < 1.29 is 9.53 Å². The first kappa shape index (κ1) is 13.5. The van der Waals surface area contributed by atoms with Crippen molar-refractivity contribution in [2.45, 2.75) is 12.5 Å². The predicted octanol–water partition coefficient (Wildman–Crippen LogP) is 1.54. The lowest BCUT2D eigenvalue weighted by atomic mass is 10.1. The molecule has 5 nitrogen and oxygen atoms in total. The molecule has 0 spiro atoms. The van der Waals surface area contributed by atoms with Crippen LogP contribution in [0.15, 0.2) is 36.5 Å². The molecule has 5 heteroatoms. The molecule has 1 heterocycles. The number of pyridine rings is 1. The number of nitrogens with two attached hydrogens (primary N) is 1. The summed E-state index contributed by atoms with van der Waals surface area (Å²) in [6.07, 6.45) is 2.18. The molecule has 2 aromatic rings. The van der Waals surface area contributed by atoms with Crippen LogP contribution in [-0.4, -0.2) is 30.6 Å². The Morgan fingerprint density at radius 2 is 2.21 bits per heavy atom. The number of ether oxygens (including phenoxy) is 1. The largest absolute Gasteiger partial charge is 0.385 e. The molecule has 0 saturated carbocycles. The number of para-hydroxylation sites is 1. The summed E-state index contributed by atoms with van der Waals surface area (Å²) in [6, 6.07) is 8.86. The highest BCUT2D eigenvalue weighted by Crippen LogP contribution is 2.20. The molecule has 100 valence electrons. The molecule has 1 unspecified atom stereocenters. The van der Waals surface area contributed by atoms with Crippen molar-refractivity contribution in [3.63, 3.8) is 0 Å². The monoisotopic (exact) mass is 259 g/mol. The summed E-state index contributed by atoms with van der Waals surface area (Å²) >= 11 is 0. The van der Waals surface area contributed by atoms with Crippen molar-refractivity contribution in [2.24, 2.45) is 5.73 Å². The average molecular weight is 259 g/mol. The zero-order valence-electron chi connectivity index (χ0n) is 10.8. The summed E-state index contributed by atoms with van der Waals surface area (Å²) in [5.41, 5.74) is 7.22. The Bertz CT molecular complexity index is 566. The lowest BCUT2D eigenvalue weighted by Gasteiger charge is -2.12. The molecule has 0 aliphatic heterocycles. The molecule has 0 aliphatic rings.